The molecule has 3 aliphatic heterocycles. The fourth-order valence-corrected chi connectivity index (χ4v) is 4.40. The molecule has 0 radical (unpaired) electrons. The van der Waals surface area contributed by atoms with Gasteiger partial charge in [0.05, 0.1) is 24.2 Å². The number of nitrogens with one attached hydrogen (secondary N) is 3. The summed E-state index contributed by atoms with van der Waals surface area (Å²) in [5.74, 6) is -0.463. The number of nitrogens with zero attached hydrogens (tertiary/aromatic N) is 3. The normalized spacial score (nSPS) is 25.4. The molecule has 1 fully saturated rings. The summed E-state index contributed by atoms with van der Waals surface area (Å²) in [6.07, 6.45) is -2.93. The van der Waals surface area contributed by atoms with E-state index in [0.717, 1.165) is 11.5 Å². The molecule has 0 saturated carbocycles. The monoisotopic (exact) mass is 440 g/mol. The lowest BCUT2D eigenvalue weighted by atomic mass is 9.81. The highest BCUT2D eigenvalue weighted by atomic mass is 19.4. The topological polar surface area (TPSA) is 106 Å². The molecule has 170 valence electrons. The molecular weight excluding hydrogens is 413 g/mol. The highest BCUT2D eigenvalue weighted by Crippen LogP contribution is 2.49. The van der Waals surface area contributed by atoms with Gasteiger partial charge in [0, 0.05) is 36.3 Å². The first-order valence-electron chi connectivity index (χ1n) is 10.3. The number of anilines is 1. The summed E-state index contributed by atoms with van der Waals surface area (Å²) in [5.41, 5.74) is -2.37. The number of hydrogen-bond donors (Lipinski definition) is 4. The number of fused-ring (bicyclic) bond motifs is 1. The number of amidine groups is 1. The number of H-pyrrole nitrogens is 1. The predicted molar refractivity (Wildman–Crippen MR) is 108 cm³/mol. The summed E-state index contributed by atoms with van der Waals surface area (Å²) >= 11 is 0. The van der Waals surface area contributed by atoms with Crippen LogP contribution in [0.5, 0.6) is 0 Å². The fourth-order valence-electron chi connectivity index (χ4n) is 4.40. The molecule has 8 nitrogen and oxygen atoms in total. The Kier molecular flexibility index (Phi) is 5.07. The minimum absolute atomic E-state index is 0.0700. The van der Waals surface area contributed by atoms with Crippen molar-refractivity contribution in [3.63, 3.8) is 0 Å². The number of rotatable bonds is 2. The predicted octanol–water partition coefficient (Wildman–Crippen LogP) is 2.57. The molecule has 0 aliphatic carbocycles. The van der Waals surface area contributed by atoms with E-state index in [2.05, 4.69) is 51.5 Å². The van der Waals surface area contributed by atoms with Crippen molar-refractivity contribution in [3.8, 4) is 0 Å². The average Bonchev–Trinajstić information content (AvgIpc) is 3.11. The van der Waals surface area contributed by atoms with Gasteiger partial charge in [-0.2, -0.15) is 18.3 Å². The van der Waals surface area contributed by atoms with Crippen molar-refractivity contribution in [2.75, 3.05) is 25.0 Å². The molecule has 0 aromatic carbocycles. The summed E-state index contributed by atoms with van der Waals surface area (Å²) in [7, 11) is 0. The number of aliphatic hydroxyl groups is 1. The van der Waals surface area contributed by atoms with Crippen molar-refractivity contribution in [3.05, 3.63) is 23.2 Å². The van der Waals surface area contributed by atoms with Crippen LogP contribution in [0.25, 0.3) is 0 Å². The van der Waals surface area contributed by atoms with Gasteiger partial charge in [-0.25, -0.2) is 0 Å². The lowest BCUT2D eigenvalue weighted by molar-refractivity contribution is -0.267. The number of hydrogen-bond acceptors (Lipinski definition) is 6. The average molecular weight is 440 g/mol. The van der Waals surface area contributed by atoms with Crippen LogP contribution in [0.15, 0.2) is 16.9 Å². The molecule has 0 spiro atoms. The molecule has 4 heterocycles. The summed E-state index contributed by atoms with van der Waals surface area (Å²) in [5, 5.41) is 22.6. The number of carbonyl (C=O) groups is 1. The number of alkyl halides is 3. The number of aliphatic imine (C=N–C) groups is 1. The van der Waals surface area contributed by atoms with Gasteiger partial charge in [-0.15, -0.1) is 0 Å². The van der Waals surface area contributed by atoms with Crippen LogP contribution in [0.4, 0.5) is 19.0 Å². The van der Waals surface area contributed by atoms with Gasteiger partial charge >= 0.3 is 6.18 Å². The molecule has 4 rings (SSSR count). The van der Waals surface area contributed by atoms with E-state index in [4.69, 9.17) is 0 Å². The zero-order valence-corrected chi connectivity index (χ0v) is 17.7. The van der Waals surface area contributed by atoms with Crippen molar-refractivity contribution in [2.45, 2.75) is 57.7 Å². The first kappa shape index (κ1) is 21.7. The number of halogens is 3. The molecular formula is C20H27F3N6O2. The quantitative estimate of drug-likeness (QED) is 0.566. The van der Waals surface area contributed by atoms with E-state index in [0.29, 0.717) is 32.5 Å². The Morgan fingerprint density at radius 2 is 1.90 bits per heavy atom. The third-order valence-electron chi connectivity index (χ3n) is 6.15. The molecule has 1 saturated heterocycles. The molecule has 1 aromatic heterocycles. The summed E-state index contributed by atoms with van der Waals surface area (Å²) < 4.78 is 41.1. The second kappa shape index (κ2) is 7.25. The number of likely N-dealkylation sites (tertiary alicyclic amines) is 1. The Morgan fingerprint density at radius 1 is 1.23 bits per heavy atom. The zero-order valence-electron chi connectivity index (χ0n) is 17.7. The first-order chi connectivity index (χ1) is 14.4. The number of aromatic nitrogens is 2. The molecule has 1 amide bonds. The van der Waals surface area contributed by atoms with Gasteiger partial charge in [0.2, 0.25) is 5.91 Å². The van der Waals surface area contributed by atoms with Gasteiger partial charge in [0.1, 0.15) is 5.84 Å². The molecule has 11 heteroatoms. The van der Waals surface area contributed by atoms with Crippen LogP contribution >= 0.6 is 0 Å². The van der Waals surface area contributed by atoms with Crippen molar-refractivity contribution >= 4 is 17.6 Å². The van der Waals surface area contributed by atoms with E-state index in [1.807, 2.05) is 6.20 Å². The Bertz CT molecular complexity index is 938. The molecule has 31 heavy (non-hydrogen) atoms. The summed E-state index contributed by atoms with van der Waals surface area (Å²) in [6.45, 7) is 8.09. The SMILES string of the molecule is CC(C)(C)C1=NCC(N2CCC(c3[nH]nc4c3C(O)(C(F)(F)F)CC(=O)N4)CC2)=CN1. The van der Waals surface area contributed by atoms with Crippen LogP contribution in [-0.4, -0.2) is 57.8 Å². The number of piperidine rings is 1. The van der Waals surface area contributed by atoms with Gasteiger partial charge in [0.15, 0.2) is 11.4 Å². The maximum Gasteiger partial charge on any atom is 0.422 e. The van der Waals surface area contributed by atoms with E-state index in [-0.39, 0.29) is 28.4 Å². The van der Waals surface area contributed by atoms with Crippen LogP contribution in [0.2, 0.25) is 0 Å². The molecule has 0 bridgehead atoms. The van der Waals surface area contributed by atoms with Gasteiger partial charge in [-0.3, -0.25) is 14.9 Å². The second-order valence-corrected chi connectivity index (χ2v) is 9.40. The van der Waals surface area contributed by atoms with Crippen molar-refractivity contribution < 1.29 is 23.1 Å². The smallest absolute Gasteiger partial charge is 0.376 e. The van der Waals surface area contributed by atoms with Crippen LogP contribution in [-0.2, 0) is 10.4 Å². The van der Waals surface area contributed by atoms with E-state index >= 15 is 0 Å². The maximum atomic E-state index is 13.7. The number of carbonyl (C=O) groups excluding carboxylic acids is 1. The van der Waals surface area contributed by atoms with E-state index in [1.165, 1.54) is 0 Å². The lowest BCUT2D eigenvalue weighted by Gasteiger charge is -2.38. The Morgan fingerprint density at radius 3 is 2.45 bits per heavy atom. The van der Waals surface area contributed by atoms with Crippen LogP contribution in [0.3, 0.4) is 0 Å². The minimum Gasteiger partial charge on any atom is -0.376 e. The van der Waals surface area contributed by atoms with Crippen molar-refractivity contribution in [1.29, 1.82) is 0 Å². The van der Waals surface area contributed by atoms with Crippen molar-refractivity contribution in [1.82, 2.24) is 20.4 Å². The number of amides is 1. The molecule has 1 aromatic rings. The summed E-state index contributed by atoms with van der Waals surface area (Å²) in [4.78, 5) is 18.5. The van der Waals surface area contributed by atoms with E-state index < -0.39 is 24.1 Å². The Balaban J connectivity index is 1.49. The molecule has 4 N–H and O–H groups in total. The third kappa shape index (κ3) is 3.79. The van der Waals surface area contributed by atoms with E-state index in [9.17, 15) is 23.1 Å². The highest BCUT2D eigenvalue weighted by Gasteiger charge is 2.61. The van der Waals surface area contributed by atoms with Gasteiger partial charge in [0.25, 0.3) is 0 Å². The van der Waals surface area contributed by atoms with Gasteiger partial charge in [-0.1, -0.05) is 20.8 Å². The Hall–Kier alpha value is -2.56. The molecule has 1 atom stereocenters. The maximum absolute atomic E-state index is 13.7. The third-order valence-corrected chi connectivity index (χ3v) is 6.15. The summed E-state index contributed by atoms with van der Waals surface area (Å²) in [6, 6.07) is 0. The largest absolute Gasteiger partial charge is 0.422 e. The van der Waals surface area contributed by atoms with Gasteiger partial charge < -0.3 is 20.6 Å². The van der Waals surface area contributed by atoms with Gasteiger partial charge in [-0.05, 0) is 12.8 Å². The molecule has 3 aliphatic rings. The van der Waals surface area contributed by atoms with Crippen LogP contribution in [0.1, 0.15) is 57.2 Å². The highest BCUT2D eigenvalue weighted by molar-refractivity contribution is 5.94. The van der Waals surface area contributed by atoms with E-state index in [1.54, 1.807) is 0 Å². The first-order valence-corrected chi connectivity index (χ1v) is 10.3. The lowest BCUT2D eigenvalue weighted by Crippen LogP contribution is -2.49. The second-order valence-electron chi connectivity index (χ2n) is 9.40. The molecule has 1 unspecified atom stereocenters. The van der Waals surface area contributed by atoms with Crippen LogP contribution < -0.4 is 10.6 Å². The standard InChI is InChI=1S/C20H27F3N6O2/c1-18(2,3)17-24-9-12(10-25-17)29-6-4-11(5-7-29)15-14-16(28-27-15)26-13(30)8-19(14,31)20(21,22)23/h9,11,31H,4-8,10H2,1-3H3,(H,24,25)(H2,26,27,28,30). The van der Waals surface area contributed by atoms with Crippen molar-refractivity contribution in [2.24, 2.45) is 10.4 Å². The van der Waals surface area contributed by atoms with Crippen LogP contribution in [0, 0.1) is 5.41 Å². The number of aromatic amines is 1. The Labute approximate surface area is 178 Å². The zero-order chi connectivity index (χ0) is 22.6. The fraction of sp³-hybridized carbons (Fsp3) is 0.650. The minimum atomic E-state index is -4.99.